The van der Waals surface area contributed by atoms with Crippen LogP contribution in [0.25, 0.3) is 0 Å². The highest BCUT2D eigenvalue weighted by molar-refractivity contribution is 7.85. The number of piperidine rings is 1. The molecule has 3 heterocycles. The topological polar surface area (TPSA) is 162 Å². The average Bonchev–Trinajstić information content (AvgIpc) is 3.39. The molecule has 1 aromatic carbocycles. The van der Waals surface area contributed by atoms with E-state index in [0.717, 1.165) is 11.9 Å². The van der Waals surface area contributed by atoms with Gasteiger partial charge in [0, 0.05) is 35.7 Å². The van der Waals surface area contributed by atoms with Gasteiger partial charge in [-0.15, -0.1) is 0 Å². The van der Waals surface area contributed by atoms with E-state index in [9.17, 15) is 18.0 Å². The van der Waals surface area contributed by atoms with Gasteiger partial charge in [0.1, 0.15) is 36.7 Å². The summed E-state index contributed by atoms with van der Waals surface area (Å²) in [5.74, 6) is 0.351. The van der Waals surface area contributed by atoms with Crippen LogP contribution in [0.4, 0.5) is 22.1 Å². The Kier molecular flexibility index (Phi) is 9.42. The molecule has 3 N–H and O–H groups in total. The van der Waals surface area contributed by atoms with E-state index in [2.05, 4.69) is 26.1 Å². The van der Waals surface area contributed by atoms with Gasteiger partial charge < -0.3 is 19.9 Å². The largest absolute Gasteiger partial charge is 0.488 e. The van der Waals surface area contributed by atoms with Crippen LogP contribution in [0.2, 0.25) is 0 Å². The predicted octanol–water partition coefficient (Wildman–Crippen LogP) is 4.92. The van der Waals surface area contributed by atoms with Crippen LogP contribution in [0.15, 0.2) is 53.2 Å². The molecule has 43 heavy (non-hydrogen) atoms. The van der Waals surface area contributed by atoms with Crippen LogP contribution < -0.4 is 20.7 Å². The van der Waals surface area contributed by atoms with Gasteiger partial charge in [-0.05, 0) is 50.2 Å². The molecular formula is C29H39N6O7S+. The lowest BCUT2D eigenvalue weighted by atomic mass is 9.92. The maximum Gasteiger partial charge on any atom is 0.326 e. The minimum atomic E-state index is -3.60. The summed E-state index contributed by atoms with van der Waals surface area (Å²) in [5, 5.41) is 12.0. The first-order valence-corrected chi connectivity index (χ1v) is 15.8. The van der Waals surface area contributed by atoms with Crippen LogP contribution >= 0.6 is 0 Å². The summed E-state index contributed by atoms with van der Waals surface area (Å²) in [6, 6.07) is 11.0. The highest BCUT2D eigenvalue weighted by Gasteiger charge is 2.42. The summed E-state index contributed by atoms with van der Waals surface area (Å²) < 4.78 is 40.3. The third-order valence-corrected chi connectivity index (χ3v) is 7.64. The number of hydrogen-bond acceptors (Lipinski definition) is 9. The summed E-state index contributed by atoms with van der Waals surface area (Å²) >= 11 is 0. The fourth-order valence-electron chi connectivity index (χ4n) is 4.62. The number of pyridine rings is 1. The molecule has 0 aliphatic carbocycles. The molecule has 0 radical (unpaired) electrons. The second-order valence-corrected chi connectivity index (χ2v) is 13.5. The number of benzene rings is 1. The Balaban J connectivity index is 1.25. The molecule has 0 unspecified atom stereocenters. The van der Waals surface area contributed by atoms with Crippen LogP contribution in [-0.2, 0) is 19.8 Å². The average molecular weight is 616 g/mol. The molecule has 1 saturated heterocycles. The van der Waals surface area contributed by atoms with Gasteiger partial charge in [0.15, 0.2) is 0 Å². The monoisotopic (exact) mass is 615 g/mol. The van der Waals surface area contributed by atoms with Crippen molar-refractivity contribution >= 4 is 39.3 Å². The third kappa shape index (κ3) is 8.75. The van der Waals surface area contributed by atoms with Gasteiger partial charge in [0.05, 0.1) is 18.1 Å². The number of quaternary nitrogens is 1. The van der Waals surface area contributed by atoms with Crippen molar-refractivity contribution in [3.8, 4) is 5.75 Å². The Morgan fingerprint density at radius 1 is 1.00 bits per heavy atom. The van der Waals surface area contributed by atoms with Gasteiger partial charge in [0.25, 0.3) is 5.91 Å². The fourth-order valence-corrected chi connectivity index (χ4v) is 5.48. The molecule has 2 aromatic heterocycles. The van der Waals surface area contributed by atoms with E-state index in [-0.39, 0.29) is 33.8 Å². The predicted molar refractivity (Wildman–Crippen MR) is 161 cm³/mol. The first-order valence-electron chi connectivity index (χ1n) is 14.0. The Morgan fingerprint density at radius 3 is 2.14 bits per heavy atom. The van der Waals surface area contributed by atoms with Crippen molar-refractivity contribution in [2.24, 2.45) is 0 Å². The highest BCUT2D eigenvalue weighted by Crippen LogP contribution is 2.28. The van der Waals surface area contributed by atoms with Gasteiger partial charge in [0.2, 0.25) is 5.88 Å². The molecule has 4 rings (SSSR count). The Labute approximate surface area is 251 Å². The Morgan fingerprint density at radius 2 is 1.63 bits per heavy atom. The Bertz CT molecular complexity index is 1520. The standard InChI is InChI=1S/C29H38N6O7S/c1-19(2)35(42-43(6,38)39)15-13-22(14-16-35)40-23-11-12-24(30-18-23)27(36)31-20-7-9-21(10-8-20)32-28(37)33-26-17-25(34-41-26)29(3,4)5/h7-12,17-19,22H,13-16H2,1-6H3,(H2-,30,31,32,33,34,36,37)/p+1. The number of hydroxylamine groups is 3. The molecule has 1 aliphatic rings. The SMILES string of the molecule is CC(C)[N+]1(OS(C)(=O)=O)CCC(Oc2ccc(C(=O)Nc3ccc(NC(=O)Nc4cc(C(C)(C)C)no4)cc3)nc2)CC1. The van der Waals surface area contributed by atoms with Gasteiger partial charge in [-0.3, -0.25) is 10.1 Å². The lowest BCUT2D eigenvalue weighted by Crippen LogP contribution is -2.59. The molecule has 1 fully saturated rings. The van der Waals surface area contributed by atoms with Crippen LogP contribution in [-0.4, -0.2) is 66.6 Å². The normalized spacial score (nSPS) is 19.1. The molecule has 0 saturated carbocycles. The quantitative estimate of drug-likeness (QED) is 0.284. The first-order chi connectivity index (χ1) is 20.1. The number of hydrogen-bond donors (Lipinski definition) is 3. The van der Waals surface area contributed by atoms with E-state index in [1.54, 1.807) is 42.5 Å². The number of likely N-dealkylation sites (tertiary alicyclic amines) is 1. The third-order valence-electron chi connectivity index (χ3n) is 7.07. The maximum absolute atomic E-state index is 12.7. The van der Waals surface area contributed by atoms with Crippen molar-refractivity contribution in [3.05, 3.63) is 60.0 Å². The summed E-state index contributed by atoms with van der Waals surface area (Å²) in [6.07, 6.45) is 3.66. The highest BCUT2D eigenvalue weighted by atomic mass is 32.2. The lowest BCUT2D eigenvalue weighted by molar-refractivity contribution is -1.10. The van der Waals surface area contributed by atoms with Crippen LogP contribution in [0.5, 0.6) is 5.75 Å². The molecule has 13 nitrogen and oxygen atoms in total. The van der Waals surface area contributed by atoms with E-state index in [4.69, 9.17) is 13.5 Å². The number of carbonyl (C=O) groups excluding carboxylic acids is 2. The summed E-state index contributed by atoms with van der Waals surface area (Å²) in [4.78, 5) is 29.3. The van der Waals surface area contributed by atoms with Gasteiger partial charge in [-0.2, -0.15) is 13.1 Å². The number of ether oxygens (including phenoxy) is 1. The molecule has 0 spiro atoms. The van der Waals surface area contributed by atoms with Crippen LogP contribution in [0.3, 0.4) is 0 Å². The van der Waals surface area contributed by atoms with E-state index in [0.29, 0.717) is 43.1 Å². The molecule has 0 atom stereocenters. The van der Waals surface area contributed by atoms with E-state index < -0.39 is 22.1 Å². The number of anilines is 3. The van der Waals surface area contributed by atoms with Crippen molar-refractivity contribution in [3.63, 3.8) is 0 Å². The zero-order valence-electron chi connectivity index (χ0n) is 25.2. The molecule has 14 heteroatoms. The molecule has 1 aliphatic heterocycles. The van der Waals surface area contributed by atoms with Crippen molar-refractivity contribution in [1.29, 1.82) is 0 Å². The minimum Gasteiger partial charge on any atom is -0.488 e. The van der Waals surface area contributed by atoms with Gasteiger partial charge >= 0.3 is 16.1 Å². The number of amides is 3. The molecule has 0 bridgehead atoms. The second kappa shape index (κ2) is 12.7. The number of nitrogens with zero attached hydrogens (tertiary/aromatic N) is 3. The second-order valence-electron chi connectivity index (χ2n) is 11.9. The van der Waals surface area contributed by atoms with E-state index >= 15 is 0 Å². The summed E-state index contributed by atoms with van der Waals surface area (Å²) in [7, 11) is -3.60. The number of carbonyl (C=O) groups is 2. The molecular weight excluding hydrogens is 576 g/mol. The van der Waals surface area contributed by atoms with Crippen LogP contribution in [0.1, 0.15) is 63.6 Å². The number of urea groups is 1. The molecule has 232 valence electrons. The molecule has 3 amide bonds. The summed E-state index contributed by atoms with van der Waals surface area (Å²) in [6.45, 7) is 10.9. The summed E-state index contributed by atoms with van der Waals surface area (Å²) in [5.41, 5.74) is 1.76. The fraction of sp³-hybridized carbons (Fsp3) is 0.448. The van der Waals surface area contributed by atoms with Gasteiger partial charge in [-0.1, -0.05) is 30.2 Å². The van der Waals surface area contributed by atoms with Crippen molar-refractivity contribution in [2.75, 3.05) is 35.3 Å². The molecule has 3 aromatic rings. The minimum absolute atomic E-state index is 0.0191. The zero-order valence-corrected chi connectivity index (χ0v) is 26.0. The van der Waals surface area contributed by atoms with Crippen molar-refractivity contribution in [1.82, 2.24) is 10.1 Å². The number of nitrogens with one attached hydrogen (secondary N) is 3. The van der Waals surface area contributed by atoms with Crippen molar-refractivity contribution in [2.45, 2.75) is 65.0 Å². The van der Waals surface area contributed by atoms with Crippen molar-refractivity contribution < 1.29 is 36.2 Å². The van der Waals surface area contributed by atoms with E-state index in [1.807, 2.05) is 34.6 Å². The lowest BCUT2D eigenvalue weighted by Gasteiger charge is -2.42. The van der Waals surface area contributed by atoms with Crippen LogP contribution in [0, 0.1) is 0 Å². The van der Waals surface area contributed by atoms with Gasteiger partial charge in [-0.25, -0.2) is 9.78 Å². The number of aromatic nitrogens is 2. The number of rotatable bonds is 9. The van der Waals surface area contributed by atoms with E-state index in [1.165, 1.54) is 6.20 Å². The smallest absolute Gasteiger partial charge is 0.326 e. The zero-order chi connectivity index (χ0) is 31.4. The first kappa shape index (κ1) is 31.9. The Hall–Kier alpha value is -4.01. The maximum atomic E-state index is 12.7.